The number of methoxy groups -OCH3 is 2. The zero-order valence-corrected chi connectivity index (χ0v) is 14.5. The standard InChI is InChI=1S/C19H18N4O3/c1-25-16-4-3-9-22-18(16)23(17-12-20-10-11-21-17)13-14-5-7-15(8-6-14)19(24)26-2/h3-12H,13H2,1-2H3. The highest BCUT2D eigenvalue weighted by atomic mass is 16.5. The predicted octanol–water partition coefficient (Wildman–Crippen LogP) is 3.01. The molecule has 0 fully saturated rings. The van der Waals surface area contributed by atoms with Gasteiger partial charge in [-0.25, -0.2) is 14.8 Å². The summed E-state index contributed by atoms with van der Waals surface area (Å²) >= 11 is 0. The van der Waals surface area contributed by atoms with E-state index in [4.69, 9.17) is 9.47 Å². The van der Waals surface area contributed by atoms with Crippen LogP contribution in [0.4, 0.5) is 11.6 Å². The molecule has 2 heterocycles. The Hall–Kier alpha value is -3.48. The molecule has 0 aliphatic heterocycles. The third-order valence-corrected chi connectivity index (χ3v) is 3.77. The maximum atomic E-state index is 11.6. The maximum Gasteiger partial charge on any atom is 0.337 e. The second kappa shape index (κ2) is 8.06. The summed E-state index contributed by atoms with van der Waals surface area (Å²) in [5.41, 5.74) is 1.47. The van der Waals surface area contributed by atoms with Crippen molar-refractivity contribution in [3.63, 3.8) is 0 Å². The number of aromatic nitrogens is 3. The molecule has 0 aliphatic carbocycles. The van der Waals surface area contributed by atoms with Crippen molar-refractivity contribution in [2.75, 3.05) is 19.1 Å². The van der Waals surface area contributed by atoms with Crippen LogP contribution in [0.2, 0.25) is 0 Å². The van der Waals surface area contributed by atoms with Gasteiger partial charge in [-0.3, -0.25) is 4.98 Å². The first-order chi connectivity index (χ1) is 12.7. The van der Waals surface area contributed by atoms with E-state index >= 15 is 0 Å². The van der Waals surface area contributed by atoms with Gasteiger partial charge >= 0.3 is 5.97 Å². The van der Waals surface area contributed by atoms with Gasteiger partial charge in [-0.15, -0.1) is 0 Å². The third-order valence-electron chi connectivity index (χ3n) is 3.77. The normalized spacial score (nSPS) is 10.2. The fraction of sp³-hybridized carbons (Fsp3) is 0.158. The van der Waals surface area contributed by atoms with Crippen LogP contribution in [0.3, 0.4) is 0 Å². The van der Waals surface area contributed by atoms with E-state index in [0.29, 0.717) is 29.5 Å². The van der Waals surface area contributed by atoms with E-state index in [1.165, 1.54) is 7.11 Å². The van der Waals surface area contributed by atoms with E-state index in [1.54, 1.807) is 44.0 Å². The Morgan fingerprint density at radius 1 is 1.04 bits per heavy atom. The molecule has 0 amide bonds. The smallest absolute Gasteiger partial charge is 0.337 e. The number of esters is 1. The van der Waals surface area contributed by atoms with Crippen molar-refractivity contribution < 1.29 is 14.3 Å². The van der Waals surface area contributed by atoms with Gasteiger partial charge in [0.2, 0.25) is 0 Å². The van der Waals surface area contributed by atoms with Crippen molar-refractivity contribution in [1.82, 2.24) is 15.0 Å². The van der Waals surface area contributed by atoms with Gasteiger partial charge in [0.05, 0.1) is 32.5 Å². The van der Waals surface area contributed by atoms with Crippen LogP contribution in [0.15, 0.2) is 61.2 Å². The summed E-state index contributed by atoms with van der Waals surface area (Å²) in [6.07, 6.45) is 6.60. The lowest BCUT2D eigenvalue weighted by atomic mass is 10.1. The Bertz CT molecular complexity index is 869. The second-order valence-corrected chi connectivity index (χ2v) is 5.37. The first kappa shape index (κ1) is 17.3. The average Bonchev–Trinajstić information content (AvgIpc) is 2.72. The van der Waals surface area contributed by atoms with Crippen molar-refractivity contribution in [1.29, 1.82) is 0 Å². The number of ether oxygens (including phenoxy) is 2. The zero-order valence-electron chi connectivity index (χ0n) is 14.5. The maximum absolute atomic E-state index is 11.6. The van der Waals surface area contributed by atoms with E-state index in [1.807, 2.05) is 29.2 Å². The van der Waals surface area contributed by atoms with Crippen LogP contribution in [0.1, 0.15) is 15.9 Å². The second-order valence-electron chi connectivity index (χ2n) is 5.37. The van der Waals surface area contributed by atoms with Gasteiger partial charge in [0.25, 0.3) is 0 Å². The topological polar surface area (TPSA) is 77.4 Å². The van der Waals surface area contributed by atoms with Crippen LogP contribution in [0, 0.1) is 0 Å². The Morgan fingerprint density at radius 3 is 2.50 bits per heavy atom. The average molecular weight is 350 g/mol. The fourth-order valence-electron chi connectivity index (χ4n) is 2.49. The molecular weight excluding hydrogens is 332 g/mol. The first-order valence-electron chi connectivity index (χ1n) is 7.92. The lowest BCUT2D eigenvalue weighted by Gasteiger charge is -2.24. The number of carbonyl (C=O) groups excluding carboxylic acids is 1. The molecule has 3 aromatic rings. The Morgan fingerprint density at radius 2 is 1.85 bits per heavy atom. The molecule has 7 heteroatoms. The molecule has 0 saturated heterocycles. The number of hydrogen-bond acceptors (Lipinski definition) is 7. The lowest BCUT2D eigenvalue weighted by molar-refractivity contribution is 0.0600. The number of benzene rings is 1. The van der Waals surface area contributed by atoms with E-state index in [-0.39, 0.29) is 5.97 Å². The highest BCUT2D eigenvalue weighted by molar-refractivity contribution is 5.89. The molecule has 0 radical (unpaired) electrons. The van der Waals surface area contributed by atoms with E-state index < -0.39 is 0 Å². The molecule has 7 nitrogen and oxygen atoms in total. The summed E-state index contributed by atoms with van der Waals surface area (Å²) in [6.45, 7) is 0.480. The van der Waals surface area contributed by atoms with Crippen LogP contribution in [-0.2, 0) is 11.3 Å². The largest absolute Gasteiger partial charge is 0.493 e. The minimum atomic E-state index is -0.367. The highest BCUT2D eigenvalue weighted by Crippen LogP contribution is 2.31. The van der Waals surface area contributed by atoms with Crippen molar-refractivity contribution in [2.45, 2.75) is 6.54 Å². The number of pyridine rings is 1. The van der Waals surface area contributed by atoms with Gasteiger partial charge in [-0.2, -0.15) is 0 Å². The van der Waals surface area contributed by atoms with Gasteiger partial charge in [0.15, 0.2) is 17.4 Å². The molecule has 26 heavy (non-hydrogen) atoms. The van der Waals surface area contributed by atoms with Crippen LogP contribution < -0.4 is 9.64 Å². The molecule has 0 saturated carbocycles. The van der Waals surface area contributed by atoms with Crippen LogP contribution in [0.5, 0.6) is 5.75 Å². The Balaban J connectivity index is 1.95. The van der Waals surface area contributed by atoms with Gasteiger partial charge in [-0.1, -0.05) is 12.1 Å². The molecule has 0 bridgehead atoms. The fourth-order valence-corrected chi connectivity index (χ4v) is 2.49. The van der Waals surface area contributed by atoms with Gasteiger partial charge in [0.1, 0.15) is 0 Å². The number of hydrogen-bond donors (Lipinski definition) is 0. The summed E-state index contributed by atoms with van der Waals surface area (Å²) in [6, 6.07) is 10.8. The molecule has 0 aliphatic rings. The summed E-state index contributed by atoms with van der Waals surface area (Å²) in [4.78, 5) is 26.5. The SMILES string of the molecule is COC(=O)c1ccc(CN(c2cnccn2)c2ncccc2OC)cc1. The molecule has 3 rings (SSSR count). The molecule has 0 N–H and O–H groups in total. The minimum absolute atomic E-state index is 0.367. The van der Waals surface area contributed by atoms with Gasteiger partial charge in [-0.05, 0) is 29.8 Å². The van der Waals surface area contributed by atoms with Crippen molar-refractivity contribution in [2.24, 2.45) is 0 Å². The van der Waals surface area contributed by atoms with E-state index in [0.717, 1.165) is 5.56 Å². The molecule has 2 aromatic heterocycles. The number of anilines is 2. The molecular formula is C19H18N4O3. The summed E-state index contributed by atoms with van der Waals surface area (Å²) in [5.74, 6) is 1.53. The molecule has 0 spiro atoms. The van der Waals surface area contributed by atoms with Crippen molar-refractivity contribution >= 4 is 17.6 Å². The highest BCUT2D eigenvalue weighted by Gasteiger charge is 2.17. The monoisotopic (exact) mass is 350 g/mol. The van der Waals surface area contributed by atoms with E-state index in [2.05, 4.69) is 15.0 Å². The first-order valence-corrected chi connectivity index (χ1v) is 7.92. The minimum Gasteiger partial charge on any atom is -0.493 e. The van der Waals surface area contributed by atoms with Crippen molar-refractivity contribution in [3.8, 4) is 5.75 Å². The Labute approximate surface area is 151 Å². The van der Waals surface area contributed by atoms with Gasteiger partial charge < -0.3 is 14.4 Å². The van der Waals surface area contributed by atoms with Crippen molar-refractivity contribution in [3.05, 3.63) is 72.3 Å². The summed E-state index contributed by atoms with van der Waals surface area (Å²) in [7, 11) is 2.96. The number of rotatable bonds is 6. The summed E-state index contributed by atoms with van der Waals surface area (Å²) < 4.78 is 10.2. The van der Waals surface area contributed by atoms with E-state index in [9.17, 15) is 4.79 Å². The molecule has 0 atom stereocenters. The van der Waals surface area contributed by atoms with Crippen LogP contribution >= 0.6 is 0 Å². The molecule has 0 unspecified atom stereocenters. The zero-order chi connectivity index (χ0) is 18.4. The van der Waals surface area contributed by atoms with Crippen LogP contribution in [-0.4, -0.2) is 35.1 Å². The number of nitrogens with zero attached hydrogens (tertiary/aromatic N) is 4. The summed E-state index contributed by atoms with van der Waals surface area (Å²) in [5, 5.41) is 0. The molecule has 132 valence electrons. The number of carbonyl (C=O) groups is 1. The Kier molecular flexibility index (Phi) is 5.38. The quantitative estimate of drug-likeness (QED) is 0.632. The molecule has 1 aromatic carbocycles. The predicted molar refractivity (Wildman–Crippen MR) is 96.4 cm³/mol. The van der Waals surface area contributed by atoms with Crippen LogP contribution in [0.25, 0.3) is 0 Å². The third kappa shape index (κ3) is 3.77. The lowest BCUT2D eigenvalue weighted by Crippen LogP contribution is -2.20. The van der Waals surface area contributed by atoms with Gasteiger partial charge in [0, 0.05) is 18.6 Å².